The average Bonchev–Trinajstić information content (AvgIpc) is 2.44. The van der Waals surface area contributed by atoms with E-state index in [1.165, 1.54) is 0 Å². The predicted octanol–water partition coefficient (Wildman–Crippen LogP) is 2.35. The van der Waals surface area contributed by atoms with Crippen LogP contribution >= 0.6 is 0 Å². The molecule has 0 radical (unpaired) electrons. The van der Waals surface area contributed by atoms with Crippen molar-refractivity contribution in [1.29, 1.82) is 0 Å². The van der Waals surface area contributed by atoms with Crippen molar-refractivity contribution in [3.8, 4) is 0 Å². The van der Waals surface area contributed by atoms with Crippen molar-refractivity contribution >= 4 is 15.7 Å². The summed E-state index contributed by atoms with van der Waals surface area (Å²) in [6.45, 7) is 1.11. The summed E-state index contributed by atoms with van der Waals surface area (Å²) in [5.41, 5.74) is -1.35. The molecule has 0 amide bonds. The van der Waals surface area contributed by atoms with Crippen LogP contribution in [-0.2, 0) is 20.8 Å². The molecule has 1 aromatic heterocycles. The van der Waals surface area contributed by atoms with Gasteiger partial charge < -0.3 is 10.1 Å². The van der Waals surface area contributed by atoms with Gasteiger partial charge in [0.05, 0.1) is 11.3 Å². The van der Waals surface area contributed by atoms with E-state index in [0.717, 1.165) is 24.6 Å². The maximum absolute atomic E-state index is 12.7. The van der Waals surface area contributed by atoms with Gasteiger partial charge in [0.25, 0.3) is 0 Å². The van der Waals surface area contributed by atoms with Gasteiger partial charge in [-0.05, 0) is 25.0 Å². The van der Waals surface area contributed by atoms with Gasteiger partial charge in [0, 0.05) is 37.6 Å². The number of halogens is 3. The molecule has 0 bridgehead atoms. The van der Waals surface area contributed by atoms with E-state index in [0.29, 0.717) is 26.1 Å². The minimum Gasteiger partial charge on any atom is -0.381 e. The normalized spacial score (nSPS) is 18.6. The van der Waals surface area contributed by atoms with Crippen LogP contribution in [0.5, 0.6) is 0 Å². The van der Waals surface area contributed by atoms with Gasteiger partial charge in [-0.3, -0.25) is 0 Å². The molecule has 9 heteroatoms. The lowest BCUT2D eigenvalue weighted by Crippen LogP contribution is -2.41. The molecule has 0 saturated carbocycles. The second-order valence-electron chi connectivity index (χ2n) is 5.96. The Balaban J connectivity index is 2.12. The molecule has 1 aliphatic rings. The quantitative estimate of drug-likeness (QED) is 0.881. The monoisotopic (exact) mass is 352 g/mol. The van der Waals surface area contributed by atoms with Gasteiger partial charge in [-0.15, -0.1) is 0 Å². The predicted molar refractivity (Wildman–Crippen MR) is 79.9 cm³/mol. The number of hydrogen-bond acceptors (Lipinski definition) is 5. The molecule has 1 aliphatic heterocycles. The SMILES string of the molecule is CS(=O)(=O)CC1(CNc2cc(C(F)(F)F)ccn2)CCOCC1. The third-order valence-corrected chi connectivity index (χ3v) is 4.99. The highest BCUT2D eigenvalue weighted by molar-refractivity contribution is 7.90. The number of hydrogen-bond donors (Lipinski definition) is 1. The fourth-order valence-electron chi connectivity index (χ4n) is 2.71. The van der Waals surface area contributed by atoms with Crippen molar-refractivity contribution in [3.63, 3.8) is 0 Å². The molecule has 1 N–H and O–H groups in total. The molecule has 1 fully saturated rings. The van der Waals surface area contributed by atoms with Crippen LogP contribution in [0.1, 0.15) is 18.4 Å². The summed E-state index contributed by atoms with van der Waals surface area (Å²) in [4.78, 5) is 3.87. The Bertz CT molecular complexity index is 641. The summed E-state index contributed by atoms with van der Waals surface area (Å²) in [5.74, 6) is 0.0502. The van der Waals surface area contributed by atoms with Crippen LogP contribution in [0.3, 0.4) is 0 Å². The molecule has 0 spiro atoms. The summed E-state index contributed by atoms with van der Waals surface area (Å²) >= 11 is 0. The van der Waals surface area contributed by atoms with E-state index in [2.05, 4.69) is 10.3 Å². The van der Waals surface area contributed by atoms with Gasteiger partial charge in [-0.1, -0.05) is 0 Å². The average molecular weight is 352 g/mol. The number of ether oxygens (including phenoxy) is 1. The summed E-state index contributed by atoms with van der Waals surface area (Å²) in [6, 6.07) is 1.82. The van der Waals surface area contributed by atoms with E-state index < -0.39 is 27.0 Å². The smallest absolute Gasteiger partial charge is 0.381 e. The fraction of sp³-hybridized carbons (Fsp3) is 0.643. The third-order valence-electron chi connectivity index (χ3n) is 3.85. The number of pyridine rings is 1. The molecule has 0 unspecified atom stereocenters. The van der Waals surface area contributed by atoms with Gasteiger partial charge in [0.15, 0.2) is 0 Å². The van der Waals surface area contributed by atoms with E-state index in [4.69, 9.17) is 4.74 Å². The van der Waals surface area contributed by atoms with Crippen molar-refractivity contribution in [3.05, 3.63) is 23.9 Å². The molecule has 130 valence electrons. The van der Waals surface area contributed by atoms with Crippen molar-refractivity contribution in [2.45, 2.75) is 19.0 Å². The number of anilines is 1. The highest BCUT2D eigenvalue weighted by Crippen LogP contribution is 2.33. The van der Waals surface area contributed by atoms with Crippen molar-refractivity contribution in [1.82, 2.24) is 4.98 Å². The number of aromatic nitrogens is 1. The third kappa shape index (κ3) is 5.35. The van der Waals surface area contributed by atoms with E-state index in [1.54, 1.807) is 0 Å². The number of sulfone groups is 1. The maximum atomic E-state index is 12.7. The number of nitrogens with one attached hydrogen (secondary N) is 1. The van der Waals surface area contributed by atoms with E-state index in [9.17, 15) is 21.6 Å². The maximum Gasteiger partial charge on any atom is 0.416 e. The van der Waals surface area contributed by atoms with Gasteiger partial charge in [0.1, 0.15) is 15.7 Å². The van der Waals surface area contributed by atoms with Crippen LogP contribution in [0.25, 0.3) is 0 Å². The lowest BCUT2D eigenvalue weighted by Gasteiger charge is -2.36. The molecule has 2 heterocycles. The second-order valence-corrected chi connectivity index (χ2v) is 8.10. The molecular weight excluding hydrogens is 333 g/mol. The van der Waals surface area contributed by atoms with Crippen LogP contribution in [0.15, 0.2) is 18.3 Å². The first-order valence-electron chi connectivity index (χ1n) is 7.12. The molecule has 1 aromatic rings. The molecule has 23 heavy (non-hydrogen) atoms. The van der Waals surface area contributed by atoms with Gasteiger partial charge in [-0.2, -0.15) is 13.2 Å². The Hall–Kier alpha value is -1.35. The second kappa shape index (κ2) is 6.64. The zero-order chi connectivity index (χ0) is 17.1. The van der Waals surface area contributed by atoms with E-state index in [-0.39, 0.29) is 18.1 Å². The fourth-order valence-corrected chi connectivity index (χ4v) is 4.22. The zero-order valence-corrected chi connectivity index (χ0v) is 13.5. The molecule has 2 rings (SSSR count). The Morgan fingerprint density at radius 1 is 1.35 bits per heavy atom. The summed E-state index contributed by atoms with van der Waals surface area (Å²) in [6.07, 6.45) is -1.13. The molecule has 0 atom stereocenters. The summed E-state index contributed by atoms with van der Waals surface area (Å²) < 4.78 is 66.7. The largest absolute Gasteiger partial charge is 0.416 e. The van der Waals surface area contributed by atoms with E-state index >= 15 is 0 Å². The molecule has 0 aliphatic carbocycles. The Kier molecular flexibility index (Phi) is 5.20. The van der Waals surface area contributed by atoms with Crippen LogP contribution in [-0.4, -0.2) is 45.2 Å². The highest BCUT2D eigenvalue weighted by atomic mass is 32.2. The number of nitrogens with zero attached hydrogens (tertiary/aromatic N) is 1. The van der Waals surface area contributed by atoms with Gasteiger partial charge in [0.2, 0.25) is 0 Å². The van der Waals surface area contributed by atoms with Crippen LogP contribution in [0.4, 0.5) is 19.0 Å². The Morgan fingerprint density at radius 3 is 2.57 bits per heavy atom. The van der Waals surface area contributed by atoms with Crippen molar-refractivity contribution in [2.24, 2.45) is 5.41 Å². The summed E-state index contributed by atoms with van der Waals surface area (Å²) in [5, 5.41) is 2.86. The molecule has 0 aromatic carbocycles. The first-order valence-corrected chi connectivity index (χ1v) is 9.18. The number of alkyl halides is 3. The highest BCUT2D eigenvalue weighted by Gasteiger charge is 2.36. The molecular formula is C14H19F3N2O3S. The first kappa shape index (κ1) is 18.0. The standard InChI is InChI=1S/C14H19F3N2O3S/c1-23(20,21)10-13(3-6-22-7-4-13)9-19-12-8-11(2-5-18-12)14(15,16)17/h2,5,8H,3-4,6-7,9-10H2,1H3,(H,18,19). The van der Waals surface area contributed by atoms with Gasteiger partial charge >= 0.3 is 6.18 Å². The summed E-state index contributed by atoms with van der Waals surface area (Å²) in [7, 11) is -3.21. The number of rotatable bonds is 5. The Labute approximate surface area is 133 Å². The van der Waals surface area contributed by atoms with Crippen molar-refractivity contribution < 1.29 is 26.3 Å². The zero-order valence-electron chi connectivity index (χ0n) is 12.7. The van der Waals surface area contributed by atoms with E-state index in [1.807, 2.05) is 0 Å². The lowest BCUT2D eigenvalue weighted by molar-refractivity contribution is -0.137. The first-order chi connectivity index (χ1) is 10.6. The van der Waals surface area contributed by atoms with Crippen LogP contribution < -0.4 is 5.32 Å². The van der Waals surface area contributed by atoms with Crippen molar-refractivity contribution in [2.75, 3.05) is 37.1 Å². The van der Waals surface area contributed by atoms with Crippen LogP contribution in [0.2, 0.25) is 0 Å². The lowest BCUT2D eigenvalue weighted by atomic mass is 9.82. The van der Waals surface area contributed by atoms with Crippen LogP contribution in [0, 0.1) is 5.41 Å². The van der Waals surface area contributed by atoms with Gasteiger partial charge in [-0.25, -0.2) is 13.4 Å². The topological polar surface area (TPSA) is 68.3 Å². The minimum atomic E-state index is -4.44. The Morgan fingerprint density at radius 2 is 2.00 bits per heavy atom. The molecule has 1 saturated heterocycles. The molecule has 5 nitrogen and oxygen atoms in total. The minimum absolute atomic E-state index is 0.0324.